The van der Waals surface area contributed by atoms with Crippen LogP contribution in [0.25, 0.3) is 6.08 Å². The quantitative estimate of drug-likeness (QED) is 0.117. The first-order chi connectivity index (χ1) is 20.7. The molecule has 4 N–H and O–H groups in total. The van der Waals surface area contributed by atoms with Crippen LogP contribution in [0.4, 0.5) is 11.4 Å². The van der Waals surface area contributed by atoms with Crippen LogP contribution in [0.1, 0.15) is 26.3 Å². The largest absolute Gasteiger partial charge is 0.497 e. The van der Waals surface area contributed by atoms with Crippen molar-refractivity contribution in [3.05, 3.63) is 124 Å². The van der Waals surface area contributed by atoms with Gasteiger partial charge in [0.2, 0.25) is 5.91 Å². The molecule has 0 heterocycles. The second-order valence-electron chi connectivity index (χ2n) is 8.97. The Morgan fingerprint density at radius 2 is 1.63 bits per heavy atom. The van der Waals surface area contributed by atoms with E-state index >= 15 is 0 Å². The molecule has 4 aromatic carbocycles. The van der Waals surface area contributed by atoms with Crippen molar-refractivity contribution in [3.8, 4) is 5.75 Å². The topological polar surface area (TPSA) is 134 Å². The molecule has 4 rings (SSSR count). The van der Waals surface area contributed by atoms with E-state index in [1.165, 1.54) is 37.1 Å². The molecule has 0 radical (unpaired) electrons. The van der Waals surface area contributed by atoms with E-state index in [9.17, 15) is 24.3 Å². The number of hydrogen-bond acceptors (Lipinski definition) is 6. The molecular formula is C32H26ClN3O6S. The summed E-state index contributed by atoms with van der Waals surface area (Å²) in [6.45, 7) is 0. The van der Waals surface area contributed by atoms with Gasteiger partial charge in [-0.25, -0.2) is 4.79 Å². The van der Waals surface area contributed by atoms with Gasteiger partial charge in [0.05, 0.1) is 29.1 Å². The van der Waals surface area contributed by atoms with Crippen LogP contribution in [-0.4, -0.2) is 41.7 Å². The summed E-state index contributed by atoms with van der Waals surface area (Å²) >= 11 is 7.31. The van der Waals surface area contributed by atoms with E-state index in [2.05, 4.69) is 16.0 Å². The lowest BCUT2D eigenvalue weighted by molar-refractivity contribution is -0.114. The SMILES string of the molecule is COc1cccc(/C=C(\NC(=O)c2ccccc2)C(=O)Nc2cccc(SCC(=O)Nc3cc(C(=O)O)ccc3Cl)c2)c1. The molecule has 0 aliphatic carbocycles. The highest BCUT2D eigenvalue weighted by Crippen LogP contribution is 2.26. The number of carboxylic acid groups (broad SMARTS) is 1. The third kappa shape index (κ3) is 8.96. The molecule has 4 aromatic rings. The molecule has 0 aliphatic heterocycles. The average Bonchev–Trinajstić information content (AvgIpc) is 3.01. The van der Waals surface area contributed by atoms with Crippen molar-refractivity contribution in [1.29, 1.82) is 0 Å². The number of benzene rings is 4. The number of carbonyl (C=O) groups excluding carboxylic acids is 3. The smallest absolute Gasteiger partial charge is 0.335 e. The lowest BCUT2D eigenvalue weighted by atomic mass is 10.1. The number of halogens is 1. The highest BCUT2D eigenvalue weighted by atomic mass is 35.5. The number of carbonyl (C=O) groups is 4. The van der Waals surface area contributed by atoms with Crippen LogP contribution in [0.3, 0.4) is 0 Å². The van der Waals surface area contributed by atoms with Crippen LogP contribution in [0.5, 0.6) is 5.75 Å². The normalized spacial score (nSPS) is 10.9. The monoisotopic (exact) mass is 615 g/mol. The van der Waals surface area contributed by atoms with Crippen LogP contribution < -0.4 is 20.7 Å². The second kappa shape index (κ2) is 14.7. The van der Waals surface area contributed by atoms with Crippen LogP contribution >= 0.6 is 23.4 Å². The van der Waals surface area contributed by atoms with Crippen molar-refractivity contribution in [3.63, 3.8) is 0 Å². The molecule has 0 saturated heterocycles. The molecule has 0 fully saturated rings. The Labute approximate surface area is 256 Å². The lowest BCUT2D eigenvalue weighted by Crippen LogP contribution is -2.30. The summed E-state index contributed by atoms with van der Waals surface area (Å²) in [5, 5.41) is 17.5. The van der Waals surface area contributed by atoms with Crippen molar-refractivity contribution in [2.24, 2.45) is 0 Å². The third-order valence-electron chi connectivity index (χ3n) is 5.88. The molecule has 0 spiro atoms. The number of thioether (sulfide) groups is 1. The summed E-state index contributed by atoms with van der Waals surface area (Å²) in [5.41, 5.74) is 1.68. The fourth-order valence-corrected chi connectivity index (χ4v) is 4.71. The molecule has 218 valence electrons. The number of methoxy groups -OCH3 is 1. The van der Waals surface area contributed by atoms with Gasteiger partial charge in [-0.2, -0.15) is 0 Å². The molecule has 0 saturated carbocycles. The van der Waals surface area contributed by atoms with Gasteiger partial charge in [0.25, 0.3) is 11.8 Å². The molecule has 43 heavy (non-hydrogen) atoms. The van der Waals surface area contributed by atoms with Gasteiger partial charge in [-0.3, -0.25) is 14.4 Å². The molecule has 0 bridgehead atoms. The molecule has 11 heteroatoms. The van der Waals surface area contributed by atoms with Crippen LogP contribution in [-0.2, 0) is 9.59 Å². The molecule has 0 atom stereocenters. The number of nitrogens with one attached hydrogen (secondary N) is 3. The predicted octanol–water partition coefficient (Wildman–Crippen LogP) is 6.19. The van der Waals surface area contributed by atoms with E-state index in [0.717, 1.165) is 0 Å². The summed E-state index contributed by atoms with van der Waals surface area (Å²) in [6, 6.07) is 26.5. The van der Waals surface area contributed by atoms with E-state index in [1.807, 2.05) is 0 Å². The van der Waals surface area contributed by atoms with Gasteiger partial charge in [0.15, 0.2) is 0 Å². The Bertz CT molecular complexity index is 1690. The first-order valence-electron chi connectivity index (χ1n) is 12.8. The van der Waals surface area contributed by atoms with Crippen LogP contribution in [0.15, 0.2) is 108 Å². The number of amides is 3. The van der Waals surface area contributed by atoms with Crippen LogP contribution in [0.2, 0.25) is 5.02 Å². The maximum absolute atomic E-state index is 13.4. The standard InChI is InChI=1S/C32H26ClN3O6S/c1-42-24-11-5-7-20(15-24)16-28(36-30(38)21-8-3-2-4-9-21)31(39)34-23-10-6-12-25(18-23)43-19-29(37)35-27-17-22(32(40)41)13-14-26(27)33/h2-18H,19H2,1H3,(H,34,39)(H,35,37)(H,36,38)(H,40,41)/b28-16-. The van der Waals surface area contributed by atoms with Crippen LogP contribution in [0, 0.1) is 0 Å². The molecule has 3 amide bonds. The first kappa shape index (κ1) is 30.9. The van der Waals surface area contributed by atoms with Crippen molar-refractivity contribution >= 4 is 64.5 Å². The highest BCUT2D eigenvalue weighted by Gasteiger charge is 2.16. The molecule has 0 aliphatic rings. The summed E-state index contributed by atoms with van der Waals surface area (Å²) in [7, 11) is 1.54. The van der Waals surface area contributed by atoms with Gasteiger partial charge >= 0.3 is 5.97 Å². The van der Waals surface area contributed by atoms with Gasteiger partial charge in [-0.15, -0.1) is 11.8 Å². The van der Waals surface area contributed by atoms with Gasteiger partial charge in [-0.05, 0) is 72.3 Å². The Balaban J connectivity index is 1.46. The number of aromatic carboxylic acids is 1. The second-order valence-corrected chi connectivity index (χ2v) is 10.4. The van der Waals surface area contributed by atoms with E-state index in [4.69, 9.17) is 16.3 Å². The number of carboxylic acids is 1. The Morgan fingerprint density at radius 1 is 0.860 bits per heavy atom. The zero-order valence-corrected chi connectivity index (χ0v) is 24.4. The van der Waals surface area contributed by atoms with E-state index in [1.54, 1.807) is 84.9 Å². The minimum atomic E-state index is -1.14. The zero-order chi connectivity index (χ0) is 30.8. The first-order valence-corrected chi connectivity index (χ1v) is 14.2. The van der Waals surface area contributed by atoms with Crippen molar-refractivity contribution in [2.75, 3.05) is 23.5 Å². The van der Waals surface area contributed by atoms with Crippen molar-refractivity contribution in [2.45, 2.75) is 4.90 Å². The number of ether oxygens (including phenoxy) is 1. The number of hydrogen-bond donors (Lipinski definition) is 4. The predicted molar refractivity (Wildman–Crippen MR) is 168 cm³/mol. The van der Waals surface area contributed by atoms with Gasteiger partial charge < -0.3 is 25.8 Å². The third-order valence-corrected chi connectivity index (χ3v) is 7.21. The fourth-order valence-electron chi connectivity index (χ4n) is 3.79. The summed E-state index contributed by atoms with van der Waals surface area (Å²) in [6.07, 6.45) is 1.55. The summed E-state index contributed by atoms with van der Waals surface area (Å²) in [5.74, 6) is -1.95. The van der Waals surface area contributed by atoms with Gasteiger partial charge in [0, 0.05) is 16.1 Å². The Morgan fingerprint density at radius 3 is 2.37 bits per heavy atom. The zero-order valence-electron chi connectivity index (χ0n) is 22.8. The summed E-state index contributed by atoms with van der Waals surface area (Å²) in [4.78, 5) is 50.7. The molecule has 0 aromatic heterocycles. The van der Waals surface area contributed by atoms with Crippen molar-refractivity contribution < 1.29 is 29.0 Å². The van der Waals surface area contributed by atoms with Gasteiger partial charge in [0.1, 0.15) is 11.4 Å². The van der Waals surface area contributed by atoms with Crippen molar-refractivity contribution in [1.82, 2.24) is 5.32 Å². The lowest BCUT2D eigenvalue weighted by Gasteiger charge is -2.12. The van der Waals surface area contributed by atoms with E-state index < -0.39 is 23.7 Å². The highest BCUT2D eigenvalue weighted by molar-refractivity contribution is 8.00. The fraction of sp³-hybridized carbons (Fsp3) is 0.0625. The maximum atomic E-state index is 13.4. The minimum absolute atomic E-state index is 0.000840. The number of rotatable bonds is 11. The molecule has 9 nitrogen and oxygen atoms in total. The molecular weight excluding hydrogens is 590 g/mol. The van der Waals surface area contributed by atoms with Gasteiger partial charge in [-0.1, -0.05) is 48.0 Å². The van der Waals surface area contributed by atoms with E-state index in [-0.39, 0.29) is 27.7 Å². The molecule has 0 unspecified atom stereocenters. The maximum Gasteiger partial charge on any atom is 0.335 e. The number of anilines is 2. The summed E-state index contributed by atoms with van der Waals surface area (Å²) < 4.78 is 5.27. The van der Waals surface area contributed by atoms with E-state index in [0.29, 0.717) is 27.5 Å². The Hall–Kier alpha value is -5.06. The Kier molecular flexibility index (Phi) is 10.6. The average molecular weight is 616 g/mol. The minimum Gasteiger partial charge on any atom is -0.497 e.